The molecule has 1 aliphatic heterocycles. The molecule has 0 unspecified atom stereocenters. The summed E-state index contributed by atoms with van der Waals surface area (Å²) in [4.78, 5) is 0.245. The van der Waals surface area contributed by atoms with Crippen molar-refractivity contribution in [2.24, 2.45) is 0 Å². The number of sulfonamides is 1. The van der Waals surface area contributed by atoms with Crippen LogP contribution in [0, 0.1) is 0 Å². The first-order valence-electron chi connectivity index (χ1n) is 7.60. The monoisotopic (exact) mass is 357 g/mol. The average molecular weight is 358 g/mol. The summed E-state index contributed by atoms with van der Waals surface area (Å²) < 4.78 is 32.1. The third kappa shape index (κ3) is 4.33. The summed E-state index contributed by atoms with van der Waals surface area (Å²) in [7, 11) is -1.94. The minimum Gasteiger partial charge on any atom is -0.495 e. The molecule has 23 heavy (non-hydrogen) atoms. The first kappa shape index (κ1) is 18.0. The van der Waals surface area contributed by atoms with Crippen LogP contribution in [-0.4, -0.2) is 44.1 Å². The van der Waals surface area contributed by atoms with Crippen molar-refractivity contribution in [2.75, 3.05) is 25.5 Å². The Labute approximate surface area is 143 Å². The lowest BCUT2D eigenvalue weighted by Gasteiger charge is -2.19. The fraction of sp³-hybridized carbons (Fsp3) is 0.533. The van der Waals surface area contributed by atoms with Crippen LogP contribution in [0.1, 0.15) is 26.7 Å². The van der Waals surface area contributed by atoms with Crippen molar-refractivity contribution in [3.8, 4) is 5.75 Å². The Morgan fingerprint density at radius 2 is 1.96 bits per heavy atom. The molecule has 0 bridgehead atoms. The van der Waals surface area contributed by atoms with E-state index in [2.05, 4.69) is 10.6 Å². The molecule has 0 atom stereocenters. The topological polar surface area (TPSA) is 70.7 Å². The first-order valence-corrected chi connectivity index (χ1v) is 9.45. The molecule has 1 saturated heterocycles. The van der Waals surface area contributed by atoms with Crippen molar-refractivity contribution in [2.45, 2.75) is 37.6 Å². The fourth-order valence-corrected chi connectivity index (χ4v) is 4.33. The van der Waals surface area contributed by atoms with Gasteiger partial charge in [0.15, 0.2) is 5.11 Å². The number of thiocarbonyl (C=S) groups is 1. The summed E-state index contributed by atoms with van der Waals surface area (Å²) in [5.74, 6) is 0.540. The molecule has 0 aliphatic carbocycles. The van der Waals surface area contributed by atoms with Crippen LogP contribution in [0.25, 0.3) is 0 Å². The molecule has 1 aromatic rings. The van der Waals surface area contributed by atoms with Crippen LogP contribution in [-0.2, 0) is 10.0 Å². The highest BCUT2D eigenvalue weighted by Gasteiger charge is 2.27. The summed E-state index contributed by atoms with van der Waals surface area (Å²) in [6.45, 7) is 5.09. The van der Waals surface area contributed by atoms with Crippen molar-refractivity contribution < 1.29 is 13.2 Å². The fourth-order valence-electron chi connectivity index (χ4n) is 2.44. The highest BCUT2D eigenvalue weighted by atomic mass is 32.2. The van der Waals surface area contributed by atoms with Gasteiger partial charge in [-0.05, 0) is 57.1 Å². The van der Waals surface area contributed by atoms with Gasteiger partial charge in [-0.2, -0.15) is 4.31 Å². The van der Waals surface area contributed by atoms with Gasteiger partial charge in [-0.3, -0.25) is 0 Å². The normalized spacial score (nSPS) is 15.7. The van der Waals surface area contributed by atoms with Crippen LogP contribution in [0.5, 0.6) is 5.75 Å². The maximum absolute atomic E-state index is 12.7. The number of anilines is 1. The number of benzene rings is 1. The van der Waals surface area contributed by atoms with Gasteiger partial charge in [0.05, 0.1) is 17.7 Å². The number of nitrogens with one attached hydrogen (secondary N) is 2. The number of rotatable bonds is 5. The molecule has 1 heterocycles. The largest absolute Gasteiger partial charge is 0.495 e. The first-order chi connectivity index (χ1) is 10.8. The quantitative estimate of drug-likeness (QED) is 0.787. The molecule has 8 heteroatoms. The van der Waals surface area contributed by atoms with E-state index in [4.69, 9.17) is 17.0 Å². The zero-order chi connectivity index (χ0) is 17.0. The van der Waals surface area contributed by atoms with Crippen molar-refractivity contribution in [3.63, 3.8) is 0 Å². The van der Waals surface area contributed by atoms with Gasteiger partial charge in [0, 0.05) is 19.1 Å². The number of hydrogen-bond donors (Lipinski definition) is 2. The standard InChI is InChI=1S/C15H23N3O3S2/c1-11(2)16-15(22)17-13-10-12(6-7-14(13)21-3)23(19,20)18-8-4-5-9-18/h6-7,10-11H,4-5,8-9H2,1-3H3,(H2,16,17,22). The molecule has 1 fully saturated rings. The number of hydrogen-bond acceptors (Lipinski definition) is 4. The van der Waals surface area contributed by atoms with Gasteiger partial charge in [-0.15, -0.1) is 0 Å². The molecule has 0 amide bonds. The summed E-state index contributed by atoms with van der Waals surface area (Å²) in [6, 6.07) is 4.96. The molecule has 6 nitrogen and oxygen atoms in total. The highest BCUT2D eigenvalue weighted by Crippen LogP contribution is 2.30. The van der Waals surface area contributed by atoms with Gasteiger partial charge in [0.1, 0.15) is 5.75 Å². The molecule has 2 rings (SSSR count). The van der Waals surface area contributed by atoms with Crippen LogP contribution in [0.15, 0.2) is 23.1 Å². The molecule has 0 aromatic heterocycles. The Morgan fingerprint density at radius 1 is 1.30 bits per heavy atom. The van der Waals surface area contributed by atoms with Crippen LogP contribution in [0.3, 0.4) is 0 Å². The van der Waals surface area contributed by atoms with Gasteiger partial charge in [-0.1, -0.05) is 0 Å². The zero-order valence-electron chi connectivity index (χ0n) is 13.6. The molecule has 2 N–H and O–H groups in total. The zero-order valence-corrected chi connectivity index (χ0v) is 15.3. The van der Waals surface area contributed by atoms with Crippen molar-refractivity contribution in [1.82, 2.24) is 9.62 Å². The summed E-state index contributed by atoms with van der Waals surface area (Å²) >= 11 is 5.23. The van der Waals surface area contributed by atoms with Gasteiger partial charge in [-0.25, -0.2) is 8.42 Å². The van der Waals surface area contributed by atoms with Crippen molar-refractivity contribution >= 4 is 33.0 Å². The Bertz CT molecular complexity index is 669. The molecular formula is C15H23N3O3S2. The number of methoxy groups -OCH3 is 1. The molecule has 128 valence electrons. The Kier molecular flexibility index (Phi) is 5.83. The SMILES string of the molecule is COc1ccc(S(=O)(=O)N2CCCC2)cc1NC(=S)NC(C)C. The maximum Gasteiger partial charge on any atom is 0.243 e. The second-order valence-corrected chi connectivity index (χ2v) is 8.07. The Morgan fingerprint density at radius 3 is 2.52 bits per heavy atom. The molecule has 1 aliphatic rings. The minimum atomic E-state index is -3.47. The predicted octanol–water partition coefficient (Wildman–Crippen LogP) is 2.17. The van der Waals surface area contributed by atoms with Crippen LogP contribution in [0.2, 0.25) is 0 Å². The number of ether oxygens (including phenoxy) is 1. The lowest BCUT2D eigenvalue weighted by atomic mass is 10.3. The van der Waals surface area contributed by atoms with Gasteiger partial charge < -0.3 is 15.4 Å². The second-order valence-electron chi connectivity index (χ2n) is 5.73. The van der Waals surface area contributed by atoms with Gasteiger partial charge in [0.2, 0.25) is 10.0 Å². The lowest BCUT2D eigenvalue weighted by molar-refractivity contribution is 0.416. The van der Waals surface area contributed by atoms with E-state index in [0.29, 0.717) is 29.6 Å². The Hall–Kier alpha value is -1.38. The van der Waals surface area contributed by atoms with E-state index in [1.807, 2.05) is 13.8 Å². The molecule has 0 saturated carbocycles. The van der Waals surface area contributed by atoms with Crippen LogP contribution >= 0.6 is 12.2 Å². The van der Waals surface area contributed by atoms with E-state index in [0.717, 1.165) is 12.8 Å². The second kappa shape index (κ2) is 7.46. The van der Waals surface area contributed by atoms with Crippen LogP contribution < -0.4 is 15.4 Å². The van der Waals surface area contributed by atoms with Gasteiger partial charge in [0.25, 0.3) is 0 Å². The highest BCUT2D eigenvalue weighted by molar-refractivity contribution is 7.89. The van der Waals surface area contributed by atoms with E-state index < -0.39 is 10.0 Å². The lowest BCUT2D eigenvalue weighted by Crippen LogP contribution is -2.34. The van der Waals surface area contributed by atoms with Crippen LogP contribution in [0.4, 0.5) is 5.69 Å². The molecular weight excluding hydrogens is 334 g/mol. The van der Waals surface area contributed by atoms with E-state index in [1.54, 1.807) is 18.2 Å². The summed E-state index contributed by atoms with van der Waals surface area (Å²) in [5, 5.41) is 6.49. The molecule has 0 spiro atoms. The molecule has 0 radical (unpaired) electrons. The summed E-state index contributed by atoms with van der Waals surface area (Å²) in [6.07, 6.45) is 1.81. The Balaban J connectivity index is 2.29. The molecule has 1 aromatic carbocycles. The maximum atomic E-state index is 12.7. The van der Waals surface area contributed by atoms with Crippen molar-refractivity contribution in [3.05, 3.63) is 18.2 Å². The van der Waals surface area contributed by atoms with E-state index in [9.17, 15) is 8.42 Å². The van der Waals surface area contributed by atoms with E-state index in [1.165, 1.54) is 11.4 Å². The van der Waals surface area contributed by atoms with E-state index in [-0.39, 0.29) is 10.9 Å². The van der Waals surface area contributed by atoms with Gasteiger partial charge >= 0.3 is 0 Å². The smallest absolute Gasteiger partial charge is 0.243 e. The average Bonchev–Trinajstić information content (AvgIpc) is 3.01. The third-order valence-electron chi connectivity index (χ3n) is 3.54. The third-order valence-corrected chi connectivity index (χ3v) is 5.66. The summed E-state index contributed by atoms with van der Waals surface area (Å²) in [5.41, 5.74) is 0.533. The van der Waals surface area contributed by atoms with E-state index >= 15 is 0 Å². The number of nitrogens with zero attached hydrogens (tertiary/aromatic N) is 1. The minimum absolute atomic E-state index is 0.178. The van der Waals surface area contributed by atoms with Crippen molar-refractivity contribution in [1.29, 1.82) is 0 Å². The predicted molar refractivity (Wildman–Crippen MR) is 95.5 cm³/mol.